The van der Waals surface area contributed by atoms with Gasteiger partial charge in [0.1, 0.15) is 5.00 Å². The van der Waals surface area contributed by atoms with Crippen molar-refractivity contribution in [1.82, 2.24) is 0 Å². The first-order valence-electron chi connectivity index (χ1n) is 8.69. The molecule has 0 aliphatic heterocycles. The number of amides is 1. The molecule has 3 rings (SSSR count). The van der Waals surface area contributed by atoms with Crippen LogP contribution in [0.1, 0.15) is 31.2 Å². The number of carbonyl (C=O) groups excluding carboxylic acids is 2. The standard InChI is InChI=1S/C21H19N3O3S2/c1-27-20(26)17-12-16(11-13-5-3-2-4-6-13)29-19(17)24-21(28)23-15-9-7-14(8-10-15)18(22)25/h2-10,12H,11H2,1H3,(H2,22,25)(H2,23,24,28). The Labute approximate surface area is 177 Å². The second-order valence-corrected chi connectivity index (χ2v) is 7.68. The van der Waals surface area contributed by atoms with Gasteiger partial charge in [-0.1, -0.05) is 30.3 Å². The molecule has 4 N–H and O–H groups in total. The molecule has 0 aliphatic rings. The van der Waals surface area contributed by atoms with Crippen LogP contribution < -0.4 is 16.4 Å². The van der Waals surface area contributed by atoms with Crippen molar-refractivity contribution in [2.75, 3.05) is 17.7 Å². The smallest absolute Gasteiger partial charge is 0.340 e. The number of thiophene rings is 1. The second-order valence-electron chi connectivity index (χ2n) is 6.13. The van der Waals surface area contributed by atoms with Gasteiger partial charge >= 0.3 is 5.97 Å². The van der Waals surface area contributed by atoms with Crippen molar-refractivity contribution in [2.45, 2.75) is 6.42 Å². The molecule has 6 nitrogen and oxygen atoms in total. The highest BCUT2D eigenvalue weighted by atomic mass is 32.1. The number of carbonyl (C=O) groups is 2. The summed E-state index contributed by atoms with van der Waals surface area (Å²) in [5, 5.41) is 7.01. The van der Waals surface area contributed by atoms with Gasteiger partial charge in [-0.25, -0.2) is 4.79 Å². The molecule has 1 amide bonds. The molecule has 0 unspecified atom stereocenters. The first-order chi connectivity index (χ1) is 14.0. The molecular formula is C21H19N3O3S2. The van der Waals surface area contributed by atoms with Crippen molar-refractivity contribution < 1.29 is 14.3 Å². The highest BCUT2D eigenvalue weighted by Crippen LogP contribution is 2.30. The molecule has 3 aromatic rings. The number of hydrogen-bond acceptors (Lipinski definition) is 5. The summed E-state index contributed by atoms with van der Waals surface area (Å²) in [6.45, 7) is 0. The number of esters is 1. The van der Waals surface area contributed by atoms with Crippen molar-refractivity contribution in [2.24, 2.45) is 5.73 Å². The van der Waals surface area contributed by atoms with Crippen LogP contribution in [0.25, 0.3) is 0 Å². The van der Waals surface area contributed by atoms with E-state index < -0.39 is 11.9 Å². The summed E-state index contributed by atoms with van der Waals surface area (Å²) in [5.74, 6) is -0.929. The van der Waals surface area contributed by atoms with E-state index in [4.69, 9.17) is 22.7 Å². The van der Waals surface area contributed by atoms with E-state index >= 15 is 0 Å². The summed E-state index contributed by atoms with van der Waals surface area (Å²) >= 11 is 6.81. The largest absolute Gasteiger partial charge is 0.465 e. The van der Waals surface area contributed by atoms with E-state index in [1.807, 2.05) is 36.4 Å². The summed E-state index contributed by atoms with van der Waals surface area (Å²) in [6, 6.07) is 18.4. The van der Waals surface area contributed by atoms with Gasteiger partial charge in [0.15, 0.2) is 5.11 Å². The molecule has 0 aliphatic carbocycles. The van der Waals surface area contributed by atoms with Crippen LogP contribution in [0, 0.1) is 0 Å². The molecule has 0 saturated carbocycles. The quantitative estimate of drug-likeness (QED) is 0.408. The zero-order valence-electron chi connectivity index (χ0n) is 15.6. The fourth-order valence-electron chi connectivity index (χ4n) is 2.66. The number of thiocarbonyl (C=S) groups is 1. The minimum atomic E-state index is -0.496. The fraction of sp³-hybridized carbons (Fsp3) is 0.0952. The first-order valence-corrected chi connectivity index (χ1v) is 9.91. The van der Waals surface area contributed by atoms with Gasteiger partial charge < -0.3 is 21.1 Å². The molecule has 1 heterocycles. The molecule has 0 spiro atoms. The molecule has 29 heavy (non-hydrogen) atoms. The Morgan fingerprint density at radius 1 is 1.07 bits per heavy atom. The lowest BCUT2D eigenvalue weighted by molar-refractivity contribution is 0.0602. The number of nitrogens with two attached hydrogens (primary N) is 1. The number of methoxy groups -OCH3 is 1. The maximum absolute atomic E-state index is 12.2. The zero-order chi connectivity index (χ0) is 20.8. The summed E-state index contributed by atoms with van der Waals surface area (Å²) in [4.78, 5) is 24.3. The van der Waals surface area contributed by atoms with Crippen LogP contribution in [0.5, 0.6) is 0 Å². The SMILES string of the molecule is COC(=O)c1cc(Cc2ccccc2)sc1NC(=S)Nc1ccc(C(N)=O)cc1. The van der Waals surface area contributed by atoms with Gasteiger partial charge in [-0.3, -0.25) is 4.79 Å². The van der Waals surface area contributed by atoms with Crippen LogP contribution in [-0.4, -0.2) is 24.1 Å². The topological polar surface area (TPSA) is 93.4 Å². The van der Waals surface area contributed by atoms with Crippen LogP contribution in [-0.2, 0) is 11.2 Å². The lowest BCUT2D eigenvalue weighted by atomic mass is 10.1. The third-order valence-corrected chi connectivity index (χ3v) is 5.32. The molecule has 0 bridgehead atoms. The monoisotopic (exact) mass is 425 g/mol. The van der Waals surface area contributed by atoms with E-state index in [1.165, 1.54) is 18.4 Å². The summed E-state index contributed by atoms with van der Waals surface area (Å²) in [5.41, 5.74) is 7.91. The number of nitrogens with one attached hydrogen (secondary N) is 2. The number of rotatable bonds is 6. The van der Waals surface area contributed by atoms with Crippen LogP contribution in [0.4, 0.5) is 10.7 Å². The molecule has 8 heteroatoms. The lowest BCUT2D eigenvalue weighted by Crippen LogP contribution is -2.20. The highest BCUT2D eigenvalue weighted by molar-refractivity contribution is 7.80. The number of ether oxygens (including phenoxy) is 1. The second kappa shape index (κ2) is 9.31. The molecule has 0 fully saturated rings. The Balaban J connectivity index is 1.74. The summed E-state index contributed by atoms with van der Waals surface area (Å²) < 4.78 is 4.90. The van der Waals surface area contributed by atoms with Crippen molar-refractivity contribution in [3.05, 3.63) is 82.2 Å². The maximum atomic E-state index is 12.2. The van der Waals surface area contributed by atoms with Gasteiger partial charge in [0.25, 0.3) is 0 Å². The Bertz CT molecular complexity index is 1030. The van der Waals surface area contributed by atoms with Crippen LogP contribution in [0.2, 0.25) is 0 Å². The summed E-state index contributed by atoms with van der Waals surface area (Å²) in [7, 11) is 1.34. The van der Waals surface area contributed by atoms with Gasteiger partial charge in [0.2, 0.25) is 5.91 Å². The Kier molecular flexibility index (Phi) is 6.58. The molecular weight excluding hydrogens is 406 g/mol. The van der Waals surface area contributed by atoms with E-state index in [0.29, 0.717) is 33.3 Å². The van der Waals surface area contributed by atoms with Crippen molar-refractivity contribution in [1.29, 1.82) is 0 Å². The number of primary amides is 1. The van der Waals surface area contributed by atoms with Crippen LogP contribution in [0.15, 0.2) is 60.7 Å². The number of anilines is 2. The number of benzene rings is 2. The third kappa shape index (κ3) is 5.40. The summed E-state index contributed by atoms with van der Waals surface area (Å²) in [6.07, 6.45) is 0.700. The van der Waals surface area contributed by atoms with E-state index in [1.54, 1.807) is 24.3 Å². The fourth-order valence-corrected chi connectivity index (χ4v) is 4.03. The first kappa shape index (κ1) is 20.5. The van der Waals surface area contributed by atoms with E-state index in [2.05, 4.69) is 10.6 Å². The van der Waals surface area contributed by atoms with Gasteiger partial charge in [0.05, 0.1) is 12.7 Å². The average Bonchev–Trinajstić information content (AvgIpc) is 3.10. The predicted molar refractivity (Wildman–Crippen MR) is 120 cm³/mol. The van der Waals surface area contributed by atoms with E-state index in [-0.39, 0.29) is 0 Å². The van der Waals surface area contributed by atoms with Gasteiger partial charge in [-0.05, 0) is 48.1 Å². The Hall–Kier alpha value is -3.23. The molecule has 0 atom stereocenters. The minimum Gasteiger partial charge on any atom is -0.465 e. The molecule has 1 aromatic heterocycles. The minimum absolute atomic E-state index is 0.315. The van der Waals surface area contributed by atoms with Gasteiger partial charge in [-0.15, -0.1) is 11.3 Å². The van der Waals surface area contributed by atoms with Crippen LogP contribution in [0.3, 0.4) is 0 Å². The highest BCUT2D eigenvalue weighted by Gasteiger charge is 2.18. The predicted octanol–water partition coefficient (Wildman–Crippen LogP) is 4.03. The molecule has 148 valence electrons. The van der Waals surface area contributed by atoms with Gasteiger partial charge in [-0.2, -0.15) is 0 Å². The Morgan fingerprint density at radius 2 is 1.76 bits per heavy atom. The lowest BCUT2D eigenvalue weighted by Gasteiger charge is -2.10. The average molecular weight is 426 g/mol. The van der Waals surface area contributed by atoms with Crippen LogP contribution >= 0.6 is 23.6 Å². The van der Waals surface area contributed by atoms with E-state index in [0.717, 1.165) is 10.4 Å². The molecule has 0 saturated heterocycles. The van der Waals surface area contributed by atoms with E-state index in [9.17, 15) is 9.59 Å². The normalized spacial score (nSPS) is 10.2. The van der Waals surface area contributed by atoms with Crippen molar-refractivity contribution in [3.63, 3.8) is 0 Å². The third-order valence-electron chi connectivity index (χ3n) is 4.06. The molecule has 0 radical (unpaired) electrons. The number of hydrogen-bond donors (Lipinski definition) is 3. The zero-order valence-corrected chi connectivity index (χ0v) is 17.2. The van der Waals surface area contributed by atoms with Crippen molar-refractivity contribution in [3.8, 4) is 0 Å². The Morgan fingerprint density at radius 3 is 2.38 bits per heavy atom. The molecule has 2 aromatic carbocycles. The van der Waals surface area contributed by atoms with Crippen molar-refractivity contribution >= 4 is 51.2 Å². The van der Waals surface area contributed by atoms with Gasteiger partial charge in [0, 0.05) is 22.5 Å². The maximum Gasteiger partial charge on any atom is 0.340 e.